The van der Waals surface area contributed by atoms with Crippen molar-refractivity contribution in [3.63, 3.8) is 0 Å². The van der Waals surface area contributed by atoms with Gasteiger partial charge >= 0.3 is 0 Å². The quantitative estimate of drug-likeness (QED) is 0.546. The maximum Gasteiger partial charge on any atom is 0.159 e. The molecule has 3 rings (SSSR count). The van der Waals surface area contributed by atoms with E-state index in [1.54, 1.807) is 13.2 Å². The second kappa shape index (κ2) is 9.03. The van der Waals surface area contributed by atoms with E-state index in [0.717, 1.165) is 29.0 Å². The first-order valence-electron chi connectivity index (χ1n) is 9.21. The zero-order chi connectivity index (χ0) is 21.0. The molecule has 0 bridgehead atoms. The van der Waals surface area contributed by atoms with E-state index in [9.17, 15) is 19.0 Å². The van der Waals surface area contributed by atoms with Crippen molar-refractivity contribution in [3.8, 4) is 16.9 Å². The molecule has 3 atom stereocenters. The number of rotatable bonds is 7. The molecule has 3 aromatic carbocycles. The molecule has 0 unspecified atom stereocenters. The van der Waals surface area contributed by atoms with Crippen LogP contribution in [0.4, 0.5) is 14.5 Å². The van der Waals surface area contributed by atoms with Crippen molar-refractivity contribution in [2.24, 2.45) is 0 Å². The highest BCUT2D eigenvalue weighted by Crippen LogP contribution is 2.30. The molecule has 4 nitrogen and oxygen atoms in total. The highest BCUT2D eigenvalue weighted by atomic mass is 19.2. The SMILES string of the molecule is COc1cccc(-c2cccc(N[C@H](c3ccc(F)c(F)c3)[C@H](O)[C@H](C)O)c2)c1. The number of aliphatic hydroxyl groups is 2. The van der Waals surface area contributed by atoms with E-state index < -0.39 is 29.9 Å². The van der Waals surface area contributed by atoms with Gasteiger partial charge in [-0.2, -0.15) is 0 Å². The van der Waals surface area contributed by atoms with Gasteiger partial charge < -0.3 is 20.3 Å². The third-order valence-corrected chi connectivity index (χ3v) is 4.73. The molecular weight excluding hydrogens is 376 g/mol. The third kappa shape index (κ3) is 4.91. The Kier molecular flexibility index (Phi) is 6.46. The van der Waals surface area contributed by atoms with Gasteiger partial charge in [-0.25, -0.2) is 8.78 Å². The Morgan fingerprint density at radius 3 is 2.21 bits per heavy atom. The second-order valence-corrected chi connectivity index (χ2v) is 6.84. The molecule has 0 amide bonds. The molecule has 0 aliphatic carbocycles. The summed E-state index contributed by atoms with van der Waals surface area (Å²) in [5, 5.41) is 23.5. The Morgan fingerprint density at radius 1 is 0.862 bits per heavy atom. The first-order valence-corrected chi connectivity index (χ1v) is 9.21. The summed E-state index contributed by atoms with van der Waals surface area (Å²) in [4.78, 5) is 0. The number of anilines is 1. The highest BCUT2D eigenvalue weighted by molar-refractivity contribution is 5.69. The molecule has 3 N–H and O–H groups in total. The molecule has 3 aromatic rings. The van der Waals surface area contributed by atoms with E-state index in [4.69, 9.17) is 4.74 Å². The van der Waals surface area contributed by atoms with E-state index in [2.05, 4.69) is 5.32 Å². The largest absolute Gasteiger partial charge is 0.497 e. The van der Waals surface area contributed by atoms with Gasteiger partial charge in [-0.15, -0.1) is 0 Å². The van der Waals surface area contributed by atoms with Gasteiger partial charge in [-0.1, -0.05) is 30.3 Å². The zero-order valence-corrected chi connectivity index (χ0v) is 16.1. The molecule has 0 fully saturated rings. The molecule has 0 radical (unpaired) electrons. The van der Waals surface area contributed by atoms with Gasteiger partial charge in [0.15, 0.2) is 11.6 Å². The monoisotopic (exact) mass is 399 g/mol. The lowest BCUT2D eigenvalue weighted by Gasteiger charge is -2.28. The summed E-state index contributed by atoms with van der Waals surface area (Å²) in [7, 11) is 1.60. The van der Waals surface area contributed by atoms with Crippen LogP contribution in [0.1, 0.15) is 18.5 Å². The number of hydrogen-bond donors (Lipinski definition) is 3. The van der Waals surface area contributed by atoms with Gasteiger partial charge in [0, 0.05) is 5.69 Å². The molecule has 6 heteroatoms. The number of nitrogens with one attached hydrogen (secondary N) is 1. The zero-order valence-electron chi connectivity index (χ0n) is 16.1. The highest BCUT2D eigenvalue weighted by Gasteiger charge is 2.26. The Labute approximate surface area is 168 Å². The van der Waals surface area contributed by atoms with Crippen molar-refractivity contribution in [2.75, 3.05) is 12.4 Å². The van der Waals surface area contributed by atoms with Gasteiger partial charge in [0.2, 0.25) is 0 Å². The Balaban J connectivity index is 1.94. The van der Waals surface area contributed by atoms with Crippen LogP contribution in [0.3, 0.4) is 0 Å². The Morgan fingerprint density at radius 2 is 1.55 bits per heavy atom. The van der Waals surface area contributed by atoms with Crippen LogP contribution in [0.5, 0.6) is 5.75 Å². The predicted molar refractivity (Wildman–Crippen MR) is 109 cm³/mol. The number of ether oxygens (including phenoxy) is 1. The maximum atomic E-state index is 13.7. The summed E-state index contributed by atoms with van der Waals surface area (Å²) in [6, 6.07) is 17.6. The van der Waals surface area contributed by atoms with Gasteiger partial charge in [0.05, 0.1) is 19.3 Å². The molecule has 0 spiro atoms. The minimum atomic E-state index is -1.24. The van der Waals surface area contributed by atoms with Crippen LogP contribution >= 0.6 is 0 Å². The van der Waals surface area contributed by atoms with Crippen molar-refractivity contribution in [1.82, 2.24) is 0 Å². The van der Waals surface area contributed by atoms with E-state index >= 15 is 0 Å². The van der Waals surface area contributed by atoms with Crippen LogP contribution in [0.25, 0.3) is 11.1 Å². The fourth-order valence-electron chi connectivity index (χ4n) is 3.12. The average molecular weight is 399 g/mol. The standard InChI is InChI=1S/C23H23F2NO3/c1-14(27)23(28)22(17-9-10-20(24)21(25)13-17)26-18-7-3-5-15(11-18)16-6-4-8-19(12-16)29-2/h3-14,22-23,26-28H,1-2H3/t14-,22+,23+/m0/s1. The number of methoxy groups -OCH3 is 1. The second-order valence-electron chi connectivity index (χ2n) is 6.84. The van der Waals surface area contributed by atoms with Gasteiger partial charge in [-0.3, -0.25) is 0 Å². The Hall–Kier alpha value is -2.96. The van der Waals surface area contributed by atoms with Crippen molar-refractivity contribution < 1.29 is 23.7 Å². The van der Waals surface area contributed by atoms with Crippen LogP contribution in [0.15, 0.2) is 66.7 Å². The minimum Gasteiger partial charge on any atom is -0.497 e. The smallest absolute Gasteiger partial charge is 0.159 e. The maximum absolute atomic E-state index is 13.7. The first-order chi connectivity index (χ1) is 13.9. The van der Waals surface area contributed by atoms with Crippen LogP contribution in [-0.2, 0) is 0 Å². The number of benzene rings is 3. The molecular formula is C23H23F2NO3. The van der Waals surface area contributed by atoms with Gasteiger partial charge in [0.25, 0.3) is 0 Å². The average Bonchev–Trinajstić information content (AvgIpc) is 2.73. The first kappa shape index (κ1) is 20.8. The summed E-state index contributed by atoms with van der Waals surface area (Å²) in [5.41, 5.74) is 2.82. The Bertz CT molecular complexity index is 978. The van der Waals surface area contributed by atoms with Gasteiger partial charge in [0.1, 0.15) is 11.9 Å². The fraction of sp³-hybridized carbons (Fsp3) is 0.217. The lowest BCUT2D eigenvalue weighted by Crippen LogP contribution is -2.34. The number of halogens is 2. The van der Waals surface area contributed by atoms with E-state index in [1.807, 2.05) is 42.5 Å². The van der Waals surface area contributed by atoms with Gasteiger partial charge in [-0.05, 0) is 60.0 Å². The normalized spacial score (nSPS) is 14.1. The molecule has 0 aliphatic heterocycles. The lowest BCUT2D eigenvalue weighted by atomic mass is 9.97. The summed E-state index contributed by atoms with van der Waals surface area (Å²) in [6.07, 6.45) is -2.32. The van der Waals surface area contributed by atoms with E-state index in [0.29, 0.717) is 11.3 Å². The van der Waals surface area contributed by atoms with Crippen molar-refractivity contribution in [3.05, 3.63) is 83.9 Å². The molecule has 0 saturated heterocycles. The molecule has 152 valence electrons. The van der Waals surface area contributed by atoms with Crippen molar-refractivity contribution >= 4 is 5.69 Å². The molecule has 29 heavy (non-hydrogen) atoms. The van der Waals surface area contributed by atoms with Crippen LogP contribution < -0.4 is 10.1 Å². The number of hydrogen-bond acceptors (Lipinski definition) is 4. The lowest BCUT2D eigenvalue weighted by molar-refractivity contribution is 0.0189. The molecule has 0 heterocycles. The summed E-state index contributed by atoms with van der Waals surface area (Å²) in [5.74, 6) is -1.26. The minimum absolute atomic E-state index is 0.323. The number of aliphatic hydroxyl groups excluding tert-OH is 2. The summed E-state index contributed by atoms with van der Waals surface area (Å²) < 4.78 is 32.3. The topological polar surface area (TPSA) is 61.7 Å². The molecule has 0 saturated carbocycles. The third-order valence-electron chi connectivity index (χ3n) is 4.73. The van der Waals surface area contributed by atoms with Crippen LogP contribution in [-0.4, -0.2) is 29.5 Å². The van der Waals surface area contributed by atoms with Crippen molar-refractivity contribution in [1.29, 1.82) is 0 Å². The molecule has 0 aliphatic rings. The van der Waals surface area contributed by atoms with E-state index in [-0.39, 0.29) is 0 Å². The summed E-state index contributed by atoms with van der Waals surface area (Å²) >= 11 is 0. The van der Waals surface area contributed by atoms with Crippen LogP contribution in [0, 0.1) is 11.6 Å². The fourth-order valence-corrected chi connectivity index (χ4v) is 3.12. The van der Waals surface area contributed by atoms with Crippen LogP contribution in [0.2, 0.25) is 0 Å². The van der Waals surface area contributed by atoms with Crippen molar-refractivity contribution in [2.45, 2.75) is 25.2 Å². The van der Waals surface area contributed by atoms with E-state index in [1.165, 1.54) is 13.0 Å². The summed E-state index contributed by atoms with van der Waals surface area (Å²) in [6.45, 7) is 1.44. The molecule has 0 aromatic heterocycles. The predicted octanol–water partition coefficient (Wildman–Crippen LogP) is 4.54.